The van der Waals surface area contributed by atoms with E-state index in [-0.39, 0.29) is 12.1 Å². The standard InChI is InChI=1S/C14H20N2O/c1-4-13(17)15-14(16(5-2)6-3)12-10-8-7-9-11-12/h4,7-11,14H,1,5-6H2,2-3H3,(H,15,17). The van der Waals surface area contributed by atoms with Crippen LogP contribution in [0.25, 0.3) is 0 Å². The molecule has 0 heterocycles. The van der Waals surface area contributed by atoms with Crippen LogP contribution in [0.15, 0.2) is 43.0 Å². The van der Waals surface area contributed by atoms with Gasteiger partial charge in [0.1, 0.15) is 6.17 Å². The average Bonchev–Trinajstić information content (AvgIpc) is 2.39. The quantitative estimate of drug-likeness (QED) is 0.603. The summed E-state index contributed by atoms with van der Waals surface area (Å²) in [5.41, 5.74) is 1.09. The highest BCUT2D eigenvalue weighted by Gasteiger charge is 2.18. The Kier molecular flexibility index (Phi) is 5.43. The molecule has 1 aromatic carbocycles. The van der Waals surface area contributed by atoms with Crippen molar-refractivity contribution in [3.63, 3.8) is 0 Å². The van der Waals surface area contributed by atoms with E-state index in [0.717, 1.165) is 18.7 Å². The molecule has 1 N–H and O–H groups in total. The third kappa shape index (κ3) is 3.71. The van der Waals surface area contributed by atoms with E-state index in [0.29, 0.717) is 0 Å². The Morgan fingerprint density at radius 1 is 1.35 bits per heavy atom. The molecular formula is C14H20N2O. The predicted octanol–water partition coefficient (Wildman–Crippen LogP) is 2.33. The first-order valence-electron chi connectivity index (χ1n) is 5.94. The van der Waals surface area contributed by atoms with E-state index in [1.54, 1.807) is 0 Å². The van der Waals surface area contributed by atoms with E-state index in [4.69, 9.17) is 0 Å². The number of hydrogen-bond donors (Lipinski definition) is 1. The zero-order valence-electron chi connectivity index (χ0n) is 10.5. The Balaban J connectivity index is 2.93. The molecule has 0 fully saturated rings. The van der Waals surface area contributed by atoms with Gasteiger partial charge in [0.05, 0.1) is 0 Å². The van der Waals surface area contributed by atoms with Crippen LogP contribution in [0.1, 0.15) is 25.6 Å². The van der Waals surface area contributed by atoms with Crippen LogP contribution < -0.4 is 5.32 Å². The second kappa shape index (κ2) is 6.86. The Morgan fingerprint density at radius 3 is 2.41 bits per heavy atom. The molecule has 0 bridgehead atoms. The number of hydrogen-bond acceptors (Lipinski definition) is 2. The first-order chi connectivity index (χ1) is 8.22. The fourth-order valence-electron chi connectivity index (χ4n) is 1.80. The SMILES string of the molecule is C=CC(=O)NC(c1ccccc1)N(CC)CC. The van der Waals surface area contributed by atoms with Crippen LogP contribution in [0.5, 0.6) is 0 Å². The van der Waals surface area contributed by atoms with Crippen LogP contribution in [0.2, 0.25) is 0 Å². The number of carbonyl (C=O) groups excluding carboxylic acids is 1. The molecule has 0 spiro atoms. The van der Waals surface area contributed by atoms with Crippen LogP contribution >= 0.6 is 0 Å². The summed E-state index contributed by atoms with van der Waals surface area (Å²) in [7, 11) is 0. The molecule has 0 aliphatic rings. The summed E-state index contributed by atoms with van der Waals surface area (Å²) in [5.74, 6) is -0.147. The Hall–Kier alpha value is -1.61. The van der Waals surface area contributed by atoms with Gasteiger partial charge in [-0.3, -0.25) is 9.69 Å². The van der Waals surface area contributed by atoms with E-state index in [2.05, 4.69) is 30.6 Å². The van der Waals surface area contributed by atoms with Gasteiger partial charge < -0.3 is 5.32 Å². The molecule has 1 unspecified atom stereocenters. The highest BCUT2D eigenvalue weighted by molar-refractivity contribution is 5.87. The van der Waals surface area contributed by atoms with Crippen molar-refractivity contribution in [2.24, 2.45) is 0 Å². The van der Waals surface area contributed by atoms with Gasteiger partial charge in [-0.05, 0) is 24.7 Å². The Labute approximate surface area is 103 Å². The van der Waals surface area contributed by atoms with Gasteiger partial charge in [0.25, 0.3) is 0 Å². The van der Waals surface area contributed by atoms with Crippen LogP contribution in [-0.2, 0) is 4.79 Å². The summed E-state index contributed by atoms with van der Waals surface area (Å²) in [6, 6.07) is 9.97. The average molecular weight is 232 g/mol. The minimum Gasteiger partial charge on any atom is -0.333 e. The monoisotopic (exact) mass is 232 g/mol. The van der Waals surface area contributed by atoms with Gasteiger partial charge in [-0.1, -0.05) is 50.8 Å². The third-order valence-electron chi connectivity index (χ3n) is 2.76. The van der Waals surface area contributed by atoms with Crippen molar-refractivity contribution >= 4 is 5.91 Å². The maximum Gasteiger partial charge on any atom is 0.244 e. The third-order valence-corrected chi connectivity index (χ3v) is 2.76. The van der Waals surface area contributed by atoms with Gasteiger partial charge >= 0.3 is 0 Å². The number of nitrogens with zero attached hydrogens (tertiary/aromatic N) is 1. The first-order valence-corrected chi connectivity index (χ1v) is 5.94. The minimum absolute atomic E-state index is 0.0864. The Morgan fingerprint density at radius 2 is 1.94 bits per heavy atom. The van der Waals surface area contributed by atoms with Crippen molar-refractivity contribution in [1.29, 1.82) is 0 Å². The lowest BCUT2D eigenvalue weighted by Crippen LogP contribution is -2.40. The normalized spacial score (nSPS) is 12.2. The molecule has 0 saturated carbocycles. The van der Waals surface area contributed by atoms with Crippen LogP contribution in [-0.4, -0.2) is 23.9 Å². The van der Waals surface area contributed by atoms with E-state index < -0.39 is 0 Å². The summed E-state index contributed by atoms with van der Waals surface area (Å²) >= 11 is 0. The van der Waals surface area contributed by atoms with E-state index in [9.17, 15) is 4.79 Å². The van der Waals surface area contributed by atoms with Crippen LogP contribution in [0.4, 0.5) is 0 Å². The van der Waals surface area contributed by atoms with Crippen molar-refractivity contribution in [2.45, 2.75) is 20.0 Å². The van der Waals surface area contributed by atoms with Crippen molar-refractivity contribution in [2.75, 3.05) is 13.1 Å². The fraction of sp³-hybridized carbons (Fsp3) is 0.357. The smallest absolute Gasteiger partial charge is 0.244 e. The zero-order valence-corrected chi connectivity index (χ0v) is 10.5. The fourth-order valence-corrected chi connectivity index (χ4v) is 1.80. The lowest BCUT2D eigenvalue weighted by molar-refractivity contribution is -0.118. The van der Waals surface area contributed by atoms with Gasteiger partial charge in [0.15, 0.2) is 0 Å². The second-order valence-electron chi connectivity index (χ2n) is 3.75. The molecule has 0 aliphatic carbocycles. The minimum atomic E-state index is -0.147. The van der Waals surface area contributed by atoms with Crippen LogP contribution in [0.3, 0.4) is 0 Å². The van der Waals surface area contributed by atoms with Gasteiger partial charge in [0, 0.05) is 0 Å². The molecule has 0 aromatic heterocycles. The summed E-state index contributed by atoms with van der Waals surface area (Å²) in [6.07, 6.45) is 1.22. The van der Waals surface area contributed by atoms with Gasteiger partial charge in [-0.25, -0.2) is 0 Å². The molecule has 3 heteroatoms. The molecule has 17 heavy (non-hydrogen) atoms. The molecule has 0 saturated heterocycles. The summed E-state index contributed by atoms with van der Waals surface area (Å²) < 4.78 is 0. The topological polar surface area (TPSA) is 32.3 Å². The number of carbonyl (C=O) groups is 1. The second-order valence-corrected chi connectivity index (χ2v) is 3.75. The maximum atomic E-state index is 11.5. The van der Waals surface area contributed by atoms with Crippen molar-refractivity contribution in [1.82, 2.24) is 10.2 Å². The highest BCUT2D eigenvalue weighted by Crippen LogP contribution is 2.17. The van der Waals surface area contributed by atoms with E-state index in [1.807, 2.05) is 30.3 Å². The number of nitrogens with one attached hydrogen (secondary N) is 1. The van der Waals surface area contributed by atoms with E-state index >= 15 is 0 Å². The summed E-state index contributed by atoms with van der Waals surface area (Å²) in [6.45, 7) is 9.42. The molecule has 1 rings (SSSR count). The molecule has 0 radical (unpaired) electrons. The summed E-state index contributed by atoms with van der Waals surface area (Å²) in [5, 5.41) is 2.95. The molecule has 3 nitrogen and oxygen atoms in total. The molecule has 1 amide bonds. The van der Waals surface area contributed by atoms with Gasteiger partial charge in [0.2, 0.25) is 5.91 Å². The number of benzene rings is 1. The lowest BCUT2D eigenvalue weighted by atomic mass is 10.1. The van der Waals surface area contributed by atoms with Crippen molar-refractivity contribution in [3.8, 4) is 0 Å². The largest absolute Gasteiger partial charge is 0.333 e. The highest BCUT2D eigenvalue weighted by atomic mass is 16.1. The predicted molar refractivity (Wildman–Crippen MR) is 70.4 cm³/mol. The first kappa shape index (κ1) is 13.5. The van der Waals surface area contributed by atoms with Crippen molar-refractivity contribution in [3.05, 3.63) is 48.6 Å². The summed E-state index contributed by atoms with van der Waals surface area (Å²) in [4.78, 5) is 13.7. The zero-order chi connectivity index (χ0) is 12.7. The van der Waals surface area contributed by atoms with Crippen LogP contribution in [0, 0.1) is 0 Å². The molecule has 1 atom stereocenters. The van der Waals surface area contributed by atoms with E-state index in [1.165, 1.54) is 6.08 Å². The molecule has 0 aliphatic heterocycles. The molecule has 1 aromatic rings. The molecule has 92 valence electrons. The van der Waals surface area contributed by atoms with Gasteiger partial charge in [-0.15, -0.1) is 0 Å². The lowest BCUT2D eigenvalue weighted by Gasteiger charge is -2.30. The maximum absolute atomic E-state index is 11.5. The number of amides is 1. The molecular weight excluding hydrogens is 212 g/mol. The Bertz CT molecular complexity index is 358. The van der Waals surface area contributed by atoms with Crippen molar-refractivity contribution < 1.29 is 4.79 Å². The van der Waals surface area contributed by atoms with Gasteiger partial charge in [-0.2, -0.15) is 0 Å². The number of rotatable bonds is 6.